The lowest BCUT2D eigenvalue weighted by atomic mass is 10.1. The lowest BCUT2D eigenvalue weighted by molar-refractivity contribution is -0.112. The van der Waals surface area contributed by atoms with Gasteiger partial charge in [0.1, 0.15) is 17.4 Å². The monoisotopic (exact) mass is 306 g/mol. The Bertz CT molecular complexity index is 738. The molecule has 0 radical (unpaired) electrons. The number of nitrogens with one attached hydrogen (secondary N) is 1. The average molecular weight is 306 g/mol. The number of nitriles is 1. The third-order valence-electron chi connectivity index (χ3n) is 3.18. The molecule has 23 heavy (non-hydrogen) atoms. The van der Waals surface area contributed by atoms with E-state index in [0.29, 0.717) is 12.3 Å². The van der Waals surface area contributed by atoms with Crippen LogP contribution < -0.4 is 10.1 Å². The first-order chi connectivity index (χ1) is 11.1. The Labute approximate surface area is 136 Å². The highest BCUT2D eigenvalue weighted by Crippen LogP contribution is 2.16. The van der Waals surface area contributed by atoms with Crippen molar-refractivity contribution in [1.82, 2.24) is 0 Å². The molecule has 0 spiro atoms. The van der Waals surface area contributed by atoms with Crippen molar-refractivity contribution >= 4 is 17.7 Å². The predicted octanol–water partition coefficient (Wildman–Crippen LogP) is 3.94. The van der Waals surface area contributed by atoms with Crippen LogP contribution in [0.3, 0.4) is 0 Å². The summed E-state index contributed by atoms with van der Waals surface area (Å²) >= 11 is 0. The Kier molecular flexibility index (Phi) is 5.54. The first-order valence-electron chi connectivity index (χ1n) is 7.35. The van der Waals surface area contributed by atoms with Gasteiger partial charge < -0.3 is 10.1 Å². The molecule has 0 fully saturated rings. The highest BCUT2D eigenvalue weighted by molar-refractivity contribution is 6.09. The van der Waals surface area contributed by atoms with Crippen LogP contribution in [0.5, 0.6) is 5.75 Å². The Morgan fingerprint density at radius 1 is 1.17 bits per heavy atom. The van der Waals surface area contributed by atoms with Crippen molar-refractivity contribution in [3.8, 4) is 11.8 Å². The largest absolute Gasteiger partial charge is 0.494 e. The van der Waals surface area contributed by atoms with Crippen molar-refractivity contribution in [1.29, 1.82) is 5.26 Å². The minimum atomic E-state index is -0.426. The van der Waals surface area contributed by atoms with Gasteiger partial charge in [0.05, 0.1) is 6.61 Å². The molecule has 0 aliphatic carbocycles. The fraction of sp³-hybridized carbons (Fsp3) is 0.158. The molecule has 0 aromatic heterocycles. The maximum absolute atomic E-state index is 12.2. The van der Waals surface area contributed by atoms with Crippen molar-refractivity contribution in [2.75, 3.05) is 11.9 Å². The number of hydrogen-bond donors (Lipinski definition) is 1. The van der Waals surface area contributed by atoms with Crippen molar-refractivity contribution < 1.29 is 9.53 Å². The SMILES string of the molecule is CCOc1ccc(C=C(C#N)C(=O)Nc2ccc(C)cc2)cc1. The number of rotatable bonds is 5. The Morgan fingerprint density at radius 2 is 1.83 bits per heavy atom. The molecule has 0 heterocycles. The number of nitrogens with zero attached hydrogens (tertiary/aromatic N) is 1. The molecule has 0 atom stereocenters. The molecule has 0 aliphatic rings. The summed E-state index contributed by atoms with van der Waals surface area (Å²) in [5, 5.41) is 11.9. The van der Waals surface area contributed by atoms with Gasteiger partial charge in [0.25, 0.3) is 5.91 Å². The number of amides is 1. The molecule has 4 nitrogen and oxygen atoms in total. The standard InChI is InChI=1S/C19H18N2O2/c1-3-23-18-10-6-15(7-11-18)12-16(13-20)19(22)21-17-8-4-14(2)5-9-17/h4-12H,3H2,1-2H3,(H,21,22). The van der Waals surface area contributed by atoms with Crippen molar-refractivity contribution in [3.63, 3.8) is 0 Å². The van der Waals surface area contributed by atoms with E-state index in [2.05, 4.69) is 5.32 Å². The maximum Gasteiger partial charge on any atom is 0.266 e. The van der Waals surface area contributed by atoms with Gasteiger partial charge in [0, 0.05) is 5.69 Å². The van der Waals surface area contributed by atoms with Gasteiger partial charge in [-0.1, -0.05) is 29.8 Å². The highest BCUT2D eigenvalue weighted by atomic mass is 16.5. The number of anilines is 1. The van der Waals surface area contributed by atoms with Gasteiger partial charge in [-0.05, 0) is 49.8 Å². The molecule has 1 amide bonds. The molecule has 2 rings (SSSR count). The zero-order valence-electron chi connectivity index (χ0n) is 13.2. The second-order valence-electron chi connectivity index (χ2n) is 4.99. The van der Waals surface area contributed by atoms with Gasteiger partial charge in [-0.15, -0.1) is 0 Å². The van der Waals surface area contributed by atoms with Crippen LogP contribution in [-0.4, -0.2) is 12.5 Å². The van der Waals surface area contributed by atoms with Gasteiger partial charge in [-0.3, -0.25) is 4.79 Å². The number of ether oxygens (including phenoxy) is 1. The molecule has 2 aromatic carbocycles. The minimum Gasteiger partial charge on any atom is -0.494 e. The van der Waals surface area contributed by atoms with Crippen LogP contribution in [0.4, 0.5) is 5.69 Å². The van der Waals surface area contributed by atoms with Crippen molar-refractivity contribution in [2.24, 2.45) is 0 Å². The zero-order valence-corrected chi connectivity index (χ0v) is 13.2. The zero-order chi connectivity index (χ0) is 16.7. The molecule has 0 aliphatic heterocycles. The van der Waals surface area contributed by atoms with E-state index < -0.39 is 5.91 Å². The first kappa shape index (κ1) is 16.3. The van der Waals surface area contributed by atoms with E-state index in [-0.39, 0.29) is 5.57 Å². The molecule has 0 saturated carbocycles. The lowest BCUT2D eigenvalue weighted by Crippen LogP contribution is -2.13. The maximum atomic E-state index is 12.2. The van der Waals surface area contributed by atoms with Crippen molar-refractivity contribution in [3.05, 3.63) is 65.2 Å². The van der Waals surface area contributed by atoms with Gasteiger partial charge >= 0.3 is 0 Å². The highest BCUT2D eigenvalue weighted by Gasteiger charge is 2.09. The third kappa shape index (κ3) is 4.72. The predicted molar refractivity (Wildman–Crippen MR) is 91.0 cm³/mol. The van der Waals surface area contributed by atoms with E-state index in [1.165, 1.54) is 0 Å². The fourth-order valence-corrected chi connectivity index (χ4v) is 1.98. The van der Waals surface area contributed by atoms with Crippen LogP contribution in [-0.2, 0) is 4.79 Å². The topological polar surface area (TPSA) is 62.1 Å². The Balaban J connectivity index is 2.12. The summed E-state index contributed by atoms with van der Waals surface area (Å²) in [5.41, 5.74) is 2.58. The Morgan fingerprint density at radius 3 is 2.39 bits per heavy atom. The van der Waals surface area contributed by atoms with E-state index in [1.54, 1.807) is 18.2 Å². The summed E-state index contributed by atoms with van der Waals surface area (Å²) in [7, 11) is 0. The normalized spacial score (nSPS) is 10.7. The smallest absolute Gasteiger partial charge is 0.266 e. The van der Waals surface area contributed by atoms with E-state index in [9.17, 15) is 10.1 Å². The summed E-state index contributed by atoms with van der Waals surface area (Å²) < 4.78 is 5.36. The summed E-state index contributed by atoms with van der Waals surface area (Å²) in [6, 6.07) is 16.6. The van der Waals surface area contributed by atoms with Gasteiger partial charge in [-0.25, -0.2) is 0 Å². The molecule has 1 N–H and O–H groups in total. The van der Waals surface area contributed by atoms with E-state index in [4.69, 9.17) is 4.74 Å². The van der Waals surface area contributed by atoms with E-state index in [1.807, 2.05) is 56.3 Å². The van der Waals surface area contributed by atoms with Gasteiger partial charge in [-0.2, -0.15) is 5.26 Å². The molecule has 2 aromatic rings. The first-order valence-corrected chi connectivity index (χ1v) is 7.35. The second kappa shape index (κ2) is 7.81. The van der Waals surface area contributed by atoms with Crippen LogP contribution in [0.15, 0.2) is 54.1 Å². The lowest BCUT2D eigenvalue weighted by Gasteiger charge is -2.05. The summed E-state index contributed by atoms with van der Waals surface area (Å²) in [6.07, 6.45) is 1.55. The van der Waals surface area contributed by atoms with Crippen LogP contribution in [0, 0.1) is 18.3 Å². The number of hydrogen-bond acceptors (Lipinski definition) is 3. The Hall–Kier alpha value is -3.06. The number of aryl methyl sites for hydroxylation is 1. The van der Waals surface area contributed by atoms with Crippen LogP contribution in [0.25, 0.3) is 6.08 Å². The third-order valence-corrected chi connectivity index (χ3v) is 3.18. The van der Waals surface area contributed by atoms with Crippen LogP contribution in [0.1, 0.15) is 18.1 Å². The molecule has 0 bridgehead atoms. The number of carbonyl (C=O) groups excluding carboxylic acids is 1. The number of benzene rings is 2. The molecule has 116 valence electrons. The van der Waals surface area contributed by atoms with E-state index in [0.717, 1.165) is 16.9 Å². The molecule has 0 saturated heterocycles. The second-order valence-corrected chi connectivity index (χ2v) is 4.99. The average Bonchev–Trinajstić information content (AvgIpc) is 2.56. The molecule has 0 unspecified atom stereocenters. The van der Waals surface area contributed by atoms with Gasteiger partial charge in [0.15, 0.2) is 0 Å². The minimum absolute atomic E-state index is 0.0507. The molecule has 4 heteroatoms. The van der Waals surface area contributed by atoms with Crippen LogP contribution >= 0.6 is 0 Å². The summed E-state index contributed by atoms with van der Waals surface area (Å²) in [4.78, 5) is 12.2. The van der Waals surface area contributed by atoms with Crippen LogP contribution in [0.2, 0.25) is 0 Å². The fourth-order valence-electron chi connectivity index (χ4n) is 1.98. The number of carbonyl (C=O) groups is 1. The van der Waals surface area contributed by atoms with Gasteiger partial charge in [0.2, 0.25) is 0 Å². The molecular formula is C19H18N2O2. The molecular weight excluding hydrogens is 288 g/mol. The summed E-state index contributed by atoms with van der Waals surface area (Å²) in [5.74, 6) is 0.331. The quantitative estimate of drug-likeness (QED) is 0.672. The summed E-state index contributed by atoms with van der Waals surface area (Å²) in [6.45, 7) is 4.48. The van der Waals surface area contributed by atoms with Crippen molar-refractivity contribution in [2.45, 2.75) is 13.8 Å². The van der Waals surface area contributed by atoms with E-state index >= 15 is 0 Å².